The first-order valence-electron chi connectivity index (χ1n) is 10.8. The molecule has 0 saturated heterocycles. The van der Waals surface area contributed by atoms with Gasteiger partial charge in [0.05, 0.1) is 28.1 Å². The number of amides is 2. The maximum absolute atomic E-state index is 12.8. The van der Waals surface area contributed by atoms with Crippen molar-refractivity contribution in [3.63, 3.8) is 0 Å². The van der Waals surface area contributed by atoms with E-state index in [1.807, 2.05) is 18.5 Å². The number of carbonyl (C=O) groups excluding carboxylic acids is 2. The molecule has 0 saturated carbocycles. The van der Waals surface area contributed by atoms with Crippen LogP contribution in [0.5, 0.6) is 0 Å². The fourth-order valence-corrected chi connectivity index (χ4v) is 3.67. The van der Waals surface area contributed by atoms with E-state index in [0.29, 0.717) is 27.8 Å². The van der Waals surface area contributed by atoms with Gasteiger partial charge in [-0.05, 0) is 62.7 Å². The lowest BCUT2D eigenvalue weighted by Crippen LogP contribution is -2.14. The van der Waals surface area contributed by atoms with Crippen molar-refractivity contribution in [1.82, 2.24) is 19.7 Å². The summed E-state index contributed by atoms with van der Waals surface area (Å²) in [7, 11) is 0. The molecule has 4 aromatic rings. The van der Waals surface area contributed by atoms with Crippen LogP contribution in [0.3, 0.4) is 0 Å². The van der Waals surface area contributed by atoms with Gasteiger partial charge >= 0.3 is 5.69 Å². The normalized spacial score (nSPS) is 11.0. The van der Waals surface area contributed by atoms with Crippen LogP contribution in [-0.4, -0.2) is 31.6 Å². The zero-order chi connectivity index (χ0) is 23.5. The number of rotatable bonds is 7. The SMILES string of the molecule is CCCCn1nc(C)c(NC(=O)c2ccc(NC(=O)c3ccc4[nH]c(=O)[nH]c4c3)cc2)c1C. The van der Waals surface area contributed by atoms with Gasteiger partial charge in [0.15, 0.2) is 0 Å². The molecule has 0 aliphatic heterocycles. The molecule has 0 fully saturated rings. The topological polar surface area (TPSA) is 125 Å². The summed E-state index contributed by atoms with van der Waals surface area (Å²) in [5.41, 5.74) is 4.74. The van der Waals surface area contributed by atoms with E-state index >= 15 is 0 Å². The van der Waals surface area contributed by atoms with Gasteiger partial charge in [-0.3, -0.25) is 14.3 Å². The first-order valence-corrected chi connectivity index (χ1v) is 10.8. The third-order valence-electron chi connectivity index (χ3n) is 5.53. The highest BCUT2D eigenvalue weighted by atomic mass is 16.2. The number of fused-ring (bicyclic) bond motifs is 1. The fourth-order valence-electron chi connectivity index (χ4n) is 3.67. The van der Waals surface area contributed by atoms with Crippen LogP contribution in [0.1, 0.15) is 51.9 Å². The zero-order valence-electron chi connectivity index (χ0n) is 18.8. The summed E-state index contributed by atoms with van der Waals surface area (Å²) in [5, 5.41) is 10.3. The third kappa shape index (κ3) is 4.72. The Morgan fingerprint density at radius 2 is 1.61 bits per heavy atom. The number of H-pyrrole nitrogens is 2. The molecule has 2 heterocycles. The number of unbranched alkanes of at least 4 members (excludes halogenated alkanes) is 1. The molecule has 0 unspecified atom stereocenters. The molecule has 0 radical (unpaired) electrons. The second-order valence-corrected chi connectivity index (χ2v) is 7.95. The monoisotopic (exact) mass is 446 g/mol. The number of carbonyl (C=O) groups is 2. The first-order chi connectivity index (χ1) is 15.9. The Morgan fingerprint density at radius 1 is 0.939 bits per heavy atom. The number of hydrogen-bond acceptors (Lipinski definition) is 4. The Morgan fingerprint density at radius 3 is 2.33 bits per heavy atom. The van der Waals surface area contributed by atoms with Crippen LogP contribution in [0.15, 0.2) is 47.3 Å². The molecule has 0 aliphatic rings. The van der Waals surface area contributed by atoms with Crippen LogP contribution >= 0.6 is 0 Å². The minimum Gasteiger partial charge on any atom is -0.322 e. The number of nitrogens with zero attached hydrogens (tertiary/aromatic N) is 2. The van der Waals surface area contributed by atoms with Gasteiger partial charge in [-0.25, -0.2) is 4.79 Å². The quantitative estimate of drug-likeness (QED) is 0.343. The van der Waals surface area contributed by atoms with Crippen molar-refractivity contribution in [2.75, 3.05) is 10.6 Å². The van der Waals surface area contributed by atoms with Crippen LogP contribution in [0, 0.1) is 13.8 Å². The summed E-state index contributed by atoms with van der Waals surface area (Å²) in [6.07, 6.45) is 2.10. The van der Waals surface area contributed by atoms with Crippen molar-refractivity contribution in [3.8, 4) is 0 Å². The van der Waals surface area contributed by atoms with Gasteiger partial charge in [-0.2, -0.15) is 5.10 Å². The van der Waals surface area contributed by atoms with Gasteiger partial charge in [0.25, 0.3) is 11.8 Å². The van der Waals surface area contributed by atoms with Crippen LogP contribution in [0.25, 0.3) is 11.0 Å². The predicted molar refractivity (Wildman–Crippen MR) is 128 cm³/mol. The molecule has 9 nitrogen and oxygen atoms in total. The number of aryl methyl sites for hydroxylation is 2. The summed E-state index contributed by atoms with van der Waals surface area (Å²) in [6.45, 7) is 6.78. The van der Waals surface area contributed by atoms with E-state index in [-0.39, 0.29) is 17.5 Å². The number of aromatic nitrogens is 4. The highest BCUT2D eigenvalue weighted by Crippen LogP contribution is 2.21. The standard InChI is InChI=1S/C24H26N6O3/c1-4-5-12-30-15(3)21(14(2)29-30)28-22(31)16-6-9-18(10-7-16)25-23(32)17-8-11-19-20(13-17)27-24(33)26-19/h6-11,13H,4-5,12H2,1-3H3,(H,25,32)(H,28,31)(H2,26,27,33). The van der Waals surface area contributed by atoms with E-state index in [2.05, 4.69) is 32.6 Å². The second-order valence-electron chi connectivity index (χ2n) is 7.95. The smallest absolute Gasteiger partial charge is 0.322 e. The maximum Gasteiger partial charge on any atom is 0.323 e. The van der Waals surface area contributed by atoms with Crippen molar-refractivity contribution >= 4 is 34.2 Å². The number of anilines is 2. The molecule has 33 heavy (non-hydrogen) atoms. The van der Waals surface area contributed by atoms with Crippen LogP contribution < -0.4 is 16.3 Å². The molecule has 2 aromatic heterocycles. The fraction of sp³-hybridized carbons (Fsp3) is 0.250. The van der Waals surface area contributed by atoms with Crippen molar-refractivity contribution in [2.45, 2.75) is 40.2 Å². The van der Waals surface area contributed by atoms with Gasteiger partial charge in [0, 0.05) is 23.4 Å². The molecule has 2 amide bonds. The van der Waals surface area contributed by atoms with Gasteiger partial charge in [0.1, 0.15) is 0 Å². The number of nitrogens with one attached hydrogen (secondary N) is 4. The third-order valence-corrected chi connectivity index (χ3v) is 5.53. The molecule has 9 heteroatoms. The highest BCUT2D eigenvalue weighted by Gasteiger charge is 2.15. The van der Waals surface area contributed by atoms with Crippen LogP contribution in [-0.2, 0) is 6.54 Å². The van der Waals surface area contributed by atoms with Crippen molar-refractivity contribution < 1.29 is 9.59 Å². The van der Waals surface area contributed by atoms with Gasteiger partial charge in [-0.1, -0.05) is 13.3 Å². The van der Waals surface area contributed by atoms with Gasteiger partial charge < -0.3 is 20.6 Å². The zero-order valence-corrected chi connectivity index (χ0v) is 18.8. The molecule has 0 atom stereocenters. The van der Waals surface area contributed by atoms with E-state index in [9.17, 15) is 14.4 Å². The first kappa shape index (κ1) is 22.1. The molecular weight excluding hydrogens is 420 g/mol. The maximum atomic E-state index is 12.8. The summed E-state index contributed by atoms with van der Waals surface area (Å²) in [5.74, 6) is -0.558. The number of imidazole rings is 1. The molecule has 2 aromatic carbocycles. The lowest BCUT2D eigenvalue weighted by Gasteiger charge is -2.09. The van der Waals surface area contributed by atoms with Gasteiger partial charge in [0.2, 0.25) is 0 Å². The lowest BCUT2D eigenvalue weighted by molar-refractivity contribution is 0.102. The Bertz CT molecular complexity index is 1380. The van der Waals surface area contributed by atoms with Crippen molar-refractivity contribution in [1.29, 1.82) is 0 Å². The second kappa shape index (κ2) is 9.15. The Labute approximate surface area is 190 Å². The molecule has 0 bridgehead atoms. The Hall–Kier alpha value is -4.14. The predicted octanol–water partition coefficient (Wildman–Crippen LogP) is 3.97. The average Bonchev–Trinajstić information content (AvgIpc) is 3.30. The molecule has 170 valence electrons. The van der Waals surface area contributed by atoms with Crippen molar-refractivity contribution in [2.24, 2.45) is 0 Å². The summed E-state index contributed by atoms with van der Waals surface area (Å²) in [4.78, 5) is 42.0. The minimum absolute atomic E-state index is 0.240. The molecule has 4 N–H and O–H groups in total. The van der Waals surface area contributed by atoms with E-state index < -0.39 is 0 Å². The summed E-state index contributed by atoms with van der Waals surface area (Å²) in [6, 6.07) is 11.6. The lowest BCUT2D eigenvalue weighted by atomic mass is 10.1. The van der Waals surface area contributed by atoms with Crippen molar-refractivity contribution in [3.05, 3.63) is 75.5 Å². The largest absolute Gasteiger partial charge is 0.323 e. The van der Waals surface area contributed by atoms with E-state index in [0.717, 1.165) is 36.5 Å². The Balaban J connectivity index is 1.43. The van der Waals surface area contributed by atoms with E-state index in [1.165, 1.54) is 0 Å². The molecule has 4 rings (SSSR count). The molecular formula is C24H26N6O3. The van der Waals surface area contributed by atoms with E-state index in [1.54, 1.807) is 42.5 Å². The van der Waals surface area contributed by atoms with Gasteiger partial charge in [-0.15, -0.1) is 0 Å². The number of benzene rings is 2. The van der Waals surface area contributed by atoms with Crippen LogP contribution in [0.2, 0.25) is 0 Å². The average molecular weight is 447 g/mol. The van der Waals surface area contributed by atoms with E-state index in [4.69, 9.17) is 0 Å². The highest BCUT2D eigenvalue weighted by molar-refractivity contribution is 6.07. The number of hydrogen-bond donors (Lipinski definition) is 4. The summed E-state index contributed by atoms with van der Waals surface area (Å²) >= 11 is 0. The molecule has 0 spiro atoms. The molecule has 0 aliphatic carbocycles. The Kier molecular flexibility index (Phi) is 6.12. The number of aromatic amines is 2. The summed E-state index contributed by atoms with van der Waals surface area (Å²) < 4.78 is 1.92. The minimum atomic E-state index is -0.324. The van der Waals surface area contributed by atoms with Crippen LogP contribution in [0.4, 0.5) is 11.4 Å².